The molecule has 0 aliphatic carbocycles. The van der Waals surface area contributed by atoms with E-state index in [4.69, 9.17) is 4.74 Å². The lowest BCUT2D eigenvalue weighted by Crippen LogP contribution is -2.11. The van der Waals surface area contributed by atoms with Crippen LogP contribution in [0.2, 0.25) is 0 Å². The number of hydrogen-bond donors (Lipinski definition) is 0. The Morgan fingerprint density at radius 1 is 1.47 bits per heavy atom. The molecular formula is C12H17N3O2. The van der Waals surface area contributed by atoms with E-state index in [9.17, 15) is 4.79 Å². The van der Waals surface area contributed by atoms with E-state index >= 15 is 0 Å². The molecule has 2 heterocycles. The molecule has 1 saturated heterocycles. The number of nitrogens with zero attached hydrogens (tertiary/aromatic N) is 3. The summed E-state index contributed by atoms with van der Waals surface area (Å²) in [5, 5.41) is 0. The highest BCUT2D eigenvalue weighted by atomic mass is 16.5. The summed E-state index contributed by atoms with van der Waals surface area (Å²) in [6, 6.07) is 1.22. The average Bonchev–Trinajstić information content (AvgIpc) is 3.00. The van der Waals surface area contributed by atoms with E-state index in [1.165, 1.54) is 18.6 Å². The van der Waals surface area contributed by atoms with E-state index in [1.807, 2.05) is 0 Å². The summed E-state index contributed by atoms with van der Waals surface area (Å²) in [6.45, 7) is 2.62. The van der Waals surface area contributed by atoms with Crippen LogP contribution in [0.1, 0.15) is 30.3 Å². The normalized spacial score (nSPS) is 26.6. The number of rotatable bonds is 5. The summed E-state index contributed by atoms with van der Waals surface area (Å²) in [5.74, 6) is -0.394. The molecule has 0 aromatic carbocycles. The van der Waals surface area contributed by atoms with Crippen LogP contribution in [0.5, 0.6) is 0 Å². The van der Waals surface area contributed by atoms with Crippen molar-refractivity contribution in [2.45, 2.75) is 31.8 Å². The molecule has 0 N–H and O–H groups in total. The third-order valence-corrected chi connectivity index (χ3v) is 3.24. The second-order valence-corrected chi connectivity index (χ2v) is 4.22. The standard InChI is InChI=1S/C12H17N3O2/c1-3-10-11(15(10)2)4-7-17-12(16)9-8-13-5-6-14-9/h5-6,8,10-11H,3-4,7H2,1-2H3. The van der Waals surface area contributed by atoms with Crippen molar-refractivity contribution >= 4 is 5.97 Å². The van der Waals surface area contributed by atoms with Gasteiger partial charge in [0.15, 0.2) is 5.69 Å². The fourth-order valence-electron chi connectivity index (χ4n) is 2.18. The molecule has 3 atom stereocenters. The van der Waals surface area contributed by atoms with Gasteiger partial charge in [-0.3, -0.25) is 9.88 Å². The van der Waals surface area contributed by atoms with Crippen LogP contribution in [-0.4, -0.2) is 46.6 Å². The van der Waals surface area contributed by atoms with E-state index < -0.39 is 5.97 Å². The summed E-state index contributed by atoms with van der Waals surface area (Å²) in [7, 11) is 2.10. The molecule has 0 radical (unpaired) electrons. The van der Waals surface area contributed by atoms with Crippen LogP contribution in [0, 0.1) is 0 Å². The Morgan fingerprint density at radius 2 is 2.29 bits per heavy atom. The minimum atomic E-state index is -0.394. The molecule has 2 rings (SSSR count). The van der Waals surface area contributed by atoms with Gasteiger partial charge >= 0.3 is 5.97 Å². The molecule has 5 nitrogen and oxygen atoms in total. The van der Waals surface area contributed by atoms with Crippen LogP contribution in [-0.2, 0) is 4.74 Å². The number of esters is 1. The quantitative estimate of drug-likeness (QED) is 0.565. The summed E-state index contributed by atoms with van der Waals surface area (Å²) >= 11 is 0. The third-order valence-electron chi connectivity index (χ3n) is 3.24. The van der Waals surface area contributed by atoms with Gasteiger partial charge in [-0.05, 0) is 19.9 Å². The number of ether oxygens (including phenoxy) is 1. The van der Waals surface area contributed by atoms with Crippen molar-refractivity contribution in [1.82, 2.24) is 14.9 Å². The van der Waals surface area contributed by atoms with Gasteiger partial charge in [-0.1, -0.05) is 6.92 Å². The van der Waals surface area contributed by atoms with Gasteiger partial charge in [-0.2, -0.15) is 0 Å². The molecule has 0 saturated carbocycles. The molecule has 1 aromatic heterocycles. The van der Waals surface area contributed by atoms with Crippen LogP contribution < -0.4 is 0 Å². The number of carbonyl (C=O) groups excluding carboxylic acids is 1. The number of hydrogen-bond acceptors (Lipinski definition) is 5. The highest BCUT2D eigenvalue weighted by molar-refractivity contribution is 5.86. The lowest BCUT2D eigenvalue weighted by atomic mass is 10.2. The Balaban J connectivity index is 1.71. The Morgan fingerprint density at radius 3 is 2.88 bits per heavy atom. The molecule has 3 unspecified atom stereocenters. The van der Waals surface area contributed by atoms with Crippen molar-refractivity contribution in [2.75, 3.05) is 13.7 Å². The SMILES string of the molecule is CCC1C(CCOC(=O)c2cnccn2)N1C. The van der Waals surface area contributed by atoms with Crippen molar-refractivity contribution < 1.29 is 9.53 Å². The van der Waals surface area contributed by atoms with Gasteiger partial charge in [0.1, 0.15) is 0 Å². The predicted molar refractivity (Wildman–Crippen MR) is 62.6 cm³/mol. The molecule has 92 valence electrons. The Labute approximate surface area is 101 Å². The minimum absolute atomic E-state index is 0.267. The molecule has 0 bridgehead atoms. The summed E-state index contributed by atoms with van der Waals surface area (Å²) in [4.78, 5) is 21.6. The smallest absolute Gasteiger partial charge is 0.358 e. The lowest BCUT2D eigenvalue weighted by molar-refractivity contribution is 0.0490. The highest BCUT2D eigenvalue weighted by Gasteiger charge is 2.41. The first-order valence-electron chi connectivity index (χ1n) is 5.89. The second-order valence-electron chi connectivity index (χ2n) is 4.22. The molecule has 1 fully saturated rings. The zero-order valence-corrected chi connectivity index (χ0v) is 10.2. The maximum absolute atomic E-state index is 11.5. The second kappa shape index (κ2) is 5.23. The minimum Gasteiger partial charge on any atom is -0.461 e. The van der Waals surface area contributed by atoms with E-state index in [0.29, 0.717) is 18.7 Å². The van der Waals surface area contributed by atoms with E-state index in [0.717, 1.165) is 12.8 Å². The van der Waals surface area contributed by atoms with Gasteiger partial charge in [0, 0.05) is 24.5 Å². The van der Waals surface area contributed by atoms with Gasteiger partial charge in [-0.15, -0.1) is 0 Å². The largest absolute Gasteiger partial charge is 0.461 e. The average molecular weight is 235 g/mol. The molecular weight excluding hydrogens is 218 g/mol. The van der Waals surface area contributed by atoms with Crippen molar-refractivity contribution in [1.29, 1.82) is 0 Å². The molecule has 5 heteroatoms. The van der Waals surface area contributed by atoms with E-state index in [1.54, 1.807) is 0 Å². The Kier molecular flexibility index (Phi) is 3.68. The molecule has 0 amide bonds. The summed E-state index contributed by atoms with van der Waals surface area (Å²) < 4.78 is 5.15. The summed E-state index contributed by atoms with van der Waals surface area (Å²) in [6.07, 6.45) is 6.47. The van der Waals surface area contributed by atoms with Gasteiger partial charge in [0.05, 0.1) is 12.8 Å². The van der Waals surface area contributed by atoms with Gasteiger partial charge in [-0.25, -0.2) is 9.78 Å². The molecule has 1 aromatic rings. The first-order valence-corrected chi connectivity index (χ1v) is 5.89. The van der Waals surface area contributed by atoms with Crippen molar-refractivity contribution in [3.63, 3.8) is 0 Å². The van der Waals surface area contributed by atoms with Gasteiger partial charge < -0.3 is 4.74 Å². The lowest BCUT2D eigenvalue weighted by Gasteiger charge is -2.02. The van der Waals surface area contributed by atoms with Crippen LogP contribution >= 0.6 is 0 Å². The monoisotopic (exact) mass is 235 g/mol. The topological polar surface area (TPSA) is 55.1 Å². The number of likely N-dealkylation sites (N-methyl/N-ethyl adjacent to an activating group) is 1. The first-order chi connectivity index (χ1) is 8.24. The molecule has 1 aliphatic heterocycles. The molecule has 0 spiro atoms. The maximum Gasteiger partial charge on any atom is 0.358 e. The zero-order chi connectivity index (χ0) is 12.3. The van der Waals surface area contributed by atoms with E-state index in [-0.39, 0.29) is 5.69 Å². The first kappa shape index (κ1) is 12.0. The fraction of sp³-hybridized carbons (Fsp3) is 0.583. The van der Waals surface area contributed by atoms with Crippen LogP contribution in [0.25, 0.3) is 0 Å². The Bertz CT molecular complexity index is 383. The fourth-order valence-corrected chi connectivity index (χ4v) is 2.18. The Hall–Kier alpha value is -1.49. The van der Waals surface area contributed by atoms with E-state index in [2.05, 4.69) is 28.8 Å². The number of aromatic nitrogens is 2. The van der Waals surface area contributed by atoms with Crippen molar-refractivity contribution in [3.05, 3.63) is 24.3 Å². The van der Waals surface area contributed by atoms with Crippen LogP contribution in [0.4, 0.5) is 0 Å². The predicted octanol–water partition coefficient (Wildman–Crippen LogP) is 1.12. The molecule has 1 aliphatic rings. The van der Waals surface area contributed by atoms with Crippen molar-refractivity contribution in [2.24, 2.45) is 0 Å². The van der Waals surface area contributed by atoms with Crippen molar-refractivity contribution in [3.8, 4) is 0 Å². The third kappa shape index (κ3) is 2.79. The maximum atomic E-state index is 11.5. The van der Waals surface area contributed by atoms with Crippen LogP contribution in [0.15, 0.2) is 18.6 Å². The van der Waals surface area contributed by atoms with Gasteiger partial charge in [0.2, 0.25) is 0 Å². The van der Waals surface area contributed by atoms with Gasteiger partial charge in [0.25, 0.3) is 0 Å². The highest BCUT2D eigenvalue weighted by Crippen LogP contribution is 2.30. The summed E-state index contributed by atoms with van der Waals surface area (Å²) in [5.41, 5.74) is 0.267. The zero-order valence-electron chi connectivity index (χ0n) is 10.2. The number of carbonyl (C=O) groups is 1. The van der Waals surface area contributed by atoms with Crippen LogP contribution in [0.3, 0.4) is 0 Å². The molecule has 17 heavy (non-hydrogen) atoms.